The highest BCUT2D eigenvalue weighted by Gasteiger charge is 2.25. The van der Waals surface area contributed by atoms with E-state index in [1.165, 1.54) is 0 Å². The summed E-state index contributed by atoms with van der Waals surface area (Å²) in [6.45, 7) is 3.87. The molecule has 2 aromatic rings. The minimum Gasteiger partial charge on any atom is -0.378 e. The summed E-state index contributed by atoms with van der Waals surface area (Å²) in [4.78, 5) is 7.58. The number of aromatic amines is 1. The maximum atomic E-state index is 5.59. The fourth-order valence-corrected chi connectivity index (χ4v) is 2.68. The lowest BCUT2D eigenvalue weighted by Crippen LogP contribution is -2.18. The molecule has 4 nitrogen and oxygen atoms in total. The number of hydrogen-bond donors (Lipinski definition) is 1. The first-order valence-electron chi connectivity index (χ1n) is 5.91. The van der Waals surface area contributed by atoms with E-state index in [0.29, 0.717) is 12.0 Å². The summed E-state index contributed by atoms with van der Waals surface area (Å²) in [5, 5.41) is 0. The smallest absolute Gasteiger partial charge is 0.179 e. The Labute approximate surface area is 105 Å². The summed E-state index contributed by atoms with van der Waals surface area (Å²) in [5.74, 6) is 0.530. The summed E-state index contributed by atoms with van der Waals surface area (Å²) < 4.78 is 8.42. The molecule has 3 heterocycles. The number of H-pyrrole nitrogens is 1. The van der Waals surface area contributed by atoms with E-state index >= 15 is 0 Å². The zero-order valence-electron chi connectivity index (χ0n) is 9.72. The zero-order chi connectivity index (χ0) is 11.8. The molecule has 0 aromatic carbocycles. The van der Waals surface area contributed by atoms with Crippen molar-refractivity contribution in [1.29, 1.82) is 0 Å². The molecule has 0 aliphatic carbocycles. The van der Waals surface area contributed by atoms with Crippen LogP contribution in [0.4, 0.5) is 0 Å². The molecule has 0 spiro atoms. The lowest BCUT2D eigenvalue weighted by molar-refractivity contribution is 0.102. The van der Waals surface area contributed by atoms with Crippen molar-refractivity contribution in [2.24, 2.45) is 5.92 Å². The van der Waals surface area contributed by atoms with Crippen molar-refractivity contribution in [2.75, 3.05) is 6.61 Å². The first-order valence-corrected chi connectivity index (χ1v) is 6.31. The van der Waals surface area contributed by atoms with E-state index in [1.54, 1.807) is 6.20 Å². The van der Waals surface area contributed by atoms with Crippen molar-refractivity contribution >= 4 is 23.4 Å². The molecule has 0 bridgehead atoms. The van der Waals surface area contributed by atoms with Crippen LogP contribution in [0, 0.1) is 10.7 Å². The third-order valence-corrected chi connectivity index (χ3v) is 3.80. The molecule has 0 radical (unpaired) electrons. The Morgan fingerprint density at radius 3 is 3.29 bits per heavy atom. The van der Waals surface area contributed by atoms with E-state index in [2.05, 4.69) is 21.5 Å². The molecule has 1 saturated heterocycles. The van der Waals surface area contributed by atoms with Gasteiger partial charge in [0.25, 0.3) is 0 Å². The van der Waals surface area contributed by atoms with Crippen LogP contribution in [0.15, 0.2) is 18.3 Å². The molecule has 1 N–H and O–H groups in total. The Kier molecular flexibility index (Phi) is 2.72. The van der Waals surface area contributed by atoms with E-state index in [-0.39, 0.29) is 0 Å². The molecular formula is C12H15N3OS. The van der Waals surface area contributed by atoms with Gasteiger partial charge >= 0.3 is 0 Å². The Hall–Kier alpha value is -1.20. The third kappa shape index (κ3) is 1.89. The molecule has 2 aromatic heterocycles. The molecule has 1 aliphatic rings. The van der Waals surface area contributed by atoms with Crippen LogP contribution in [0.1, 0.15) is 13.3 Å². The third-order valence-electron chi connectivity index (χ3n) is 3.48. The second-order valence-electron chi connectivity index (χ2n) is 4.54. The number of imidazole rings is 1. The highest BCUT2D eigenvalue weighted by molar-refractivity contribution is 7.71. The van der Waals surface area contributed by atoms with Crippen LogP contribution in [0.2, 0.25) is 0 Å². The van der Waals surface area contributed by atoms with Crippen molar-refractivity contribution < 1.29 is 4.74 Å². The topological polar surface area (TPSA) is 42.8 Å². The number of rotatable bonds is 2. The van der Waals surface area contributed by atoms with E-state index < -0.39 is 0 Å². The number of nitrogens with zero attached hydrogens (tertiary/aromatic N) is 2. The Balaban J connectivity index is 1.99. The van der Waals surface area contributed by atoms with Crippen molar-refractivity contribution in [3.8, 4) is 0 Å². The number of fused-ring (bicyclic) bond motifs is 1. The second-order valence-corrected chi connectivity index (χ2v) is 4.93. The van der Waals surface area contributed by atoms with Crippen molar-refractivity contribution in [1.82, 2.24) is 14.5 Å². The van der Waals surface area contributed by atoms with Crippen LogP contribution in [0.5, 0.6) is 0 Å². The number of pyridine rings is 1. The Morgan fingerprint density at radius 2 is 2.53 bits per heavy atom. The van der Waals surface area contributed by atoms with E-state index in [0.717, 1.165) is 35.5 Å². The van der Waals surface area contributed by atoms with Gasteiger partial charge in [-0.2, -0.15) is 0 Å². The summed E-state index contributed by atoms with van der Waals surface area (Å²) in [5.41, 5.74) is 1.95. The van der Waals surface area contributed by atoms with Crippen LogP contribution in [0.25, 0.3) is 11.2 Å². The minimum atomic E-state index is 0.311. The normalized spacial score (nSPS) is 24.5. The van der Waals surface area contributed by atoms with Gasteiger partial charge in [-0.3, -0.25) is 0 Å². The van der Waals surface area contributed by atoms with Crippen molar-refractivity contribution in [3.63, 3.8) is 0 Å². The van der Waals surface area contributed by atoms with Gasteiger partial charge in [0.15, 0.2) is 10.4 Å². The molecule has 3 rings (SSSR count). The van der Waals surface area contributed by atoms with Gasteiger partial charge in [0.2, 0.25) is 0 Å². The van der Waals surface area contributed by atoms with E-state index in [9.17, 15) is 0 Å². The quantitative estimate of drug-likeness (QED) is 0.832. The van der Waals surface area contributed by atoms with Crippen molar-refractivity contribution in [3.05, 3.63) is 23.1 Å². The van der Waals surface area contributed by atoms with E-state index in [4.69, 9.17) is 17.0 Å². The highest BCUT2D eigenvalue weighted by atomic mass is 32.1. The zero-order valence-corrected chi connectivity index (χ0v) is 10.5. The average Bonchev–Trinajstić information content (AvgIpc) is 2.85. The molecule has 0 saturated carbocycles. The van der Waals surface area contributed by atoms with Gasteiger partial charge < -0.3 is 14.3 Å². The molecule has 90 valence electrons. The van der Waals surface area contributed by atoms with Gasteiger partial charge in [-0.15, -0.1) is 0 Å². The van der Waals surface area contributed by atoms with E-state index in [1.807, 2.05) is 12.1 Å². The lowest BCUT2D eigenvalue weighted by Gasteiger charge is -2.14. The van der Waals surface area contributed by atoms with Gasteiger partial charge in [0, 0.05) is 25.3 Å². The fourth-order valence-electron chi connectivity index (χ4n) is 2.41. The molecular weight excluding hydrogens is 234 g/mol. The predicted octanol–water partition coefficient (Wildman–Crippen LogP) is 2.52. The SMILES string of the molecule is CC1OCCC1Cn1c(=S)[nH]c2cccnc21. The summed E-state index contributed by atoms with van der Waals surface area (Å²) in [6, 6.07) is 3.92. The van der Waals surface area contributed by atoms with Gasteiger partial charge in [0.1, 0.15) is 0 Å². The molecule has 1 aliphatic heterocycles. The second kappa shape index (κ2) is 4.23. The van der Waals surface area contributed by atoms with Crippen LogP contribution >= 0.6 is 12.2 Å². The Bertz CT molecular complexity index is 589. The van der Waals surface area contributed by atoms with Crippen LogP contribution < -0.4 is 0 Å². The average molecular weight is 249 g/mol. The first-order chi connectivity index (χ1) is 8.25. The summed E-state index contributed by atoms with van der Waals surface area (Å²) >= 11 is 5.35. The molecule has 2 unspecified atom stereocenters. The number of hydrogen-bond acceptors (Lipinski definition) is 3. The standard InChI is InChI=1S/C12H15N3OS/c1-8-9(4-6-16-8)7-15-11-10(14-12(15)17)3-2-5-13-11/h2-3,5,8-9H,4,6-7H2,1H3,(H,14,17). The highest BCUT2D eigenvalue weighted by Crippen LogP contribution is 2.24. The molecule has 17 heavy (non-hydrogen) atoms. The first kappa shape index (κ1) is 10.9. The van der Waals surface area contributed by atoms with Gasteiger partial charge in [-0.25, -0.2) is 4.98 Å². The molecule has 2 atom stereocenters. The van der Waals surface area contributed by atoms with Crippen LogP contribution in [-0.4, -0.2) is 27.2 Å². The number of aromatic nitrogens is 3. The lowest BCUT2D eigenvalue weighted by atomic mass is 10.0. The maximum Gasteiger partial charge on any atom is 0.179 e. The number of nitrogens with one attached hydrogen (secondary N) is 1. The van der Waals surface area contributed by atoms with Crippen molar-refractivity contribution in [2.45, 2.75) is 26.0 Å². The summed E-state index contributed by atoms with van der Waals surface area (Å²) in [6.07, 6.45) is 3.21. The van der Waals surface area contributed by atoms with Gasteiger partial charge in [-0.05, 0) is 37.7 Å². The Morgan fingerprint density at radius 1 is 1.65 bits per heavy atom. The predicted molar refractivity (Wildman–Crippen MR) is 68.4 cm³/mol. The largest absolute Gasteiger partial charge is 0.378 e. The number of ether oxygens (including phenoxy) is 1. The fraction of sp³-hybridized carbons (Fsp3) is 0.500. The van der Waals surface area contributed by atoms with Gasteiger partial charge in [-0.1, -0.05) is 0 Å². The monoisotopic (exact) mass is 249 g/mol. The van der Waals surface area contributed by atoms with Crippen LogP contribution in [-0.2, 0) is 11.3 Å². The van der Waals surface area contributed by atoms with Crippen LogP contribution in [0.3, 0.4) is 0 Å². The summed E-state index contributed by atoms with van der Waals surface area (Å²) in [7, 11) is 0. The maximum absolute atomic E-state index is 5.59. The minimum absolute atomic E-state index is 0.311. The molecule has 1 fully saturated rings. The molecule has 0 amide bonds. The molecule has 5 heteroatoms. The van der Waals surface area contributed by atoms with Gasteiger partial charge in [0.05, 0.1) is 11.6 Å².